The maximum atomic E-state index is 9.45. The van der Waals surface area contributed by atoms with E-state index in [9.17, 15) is 4.79 Å². The van der Waals surface area contributed by atoms with Gasteiger partial charge in [-0.15, -0.1) is 11.6 Å². The lowest BCUT2D eigenvalue weighted by molar-refractivity contribution is -0.109. The Morgan fingerprint density at radius 2 is 1.58 bits per heavy atom. The number of carbonyl (C=O) groups excluding carboxylic acids is 1. The molecule has 0 fully saturated rings. The average Bonchev–Trinajstić information content (AvgIpc) is 2.07. The number of hydrogen-bond donors (Lipinski definition) is 3. The first-order valence-corrected chi connectivity index (χ1v) is 4.45. The zero-order valence-electron chi connectivity index (χ0n) is 6.85. The van der Waals surface area contributed by atoms with E-state index >= 15 is 0 Å². The Balaban J connectivity index is 0. The van der Waals surface area contributed by atoms with Crippen LogP contribution in [-0.4, -0.2) is 37.3 Å². The van der Waals surface area contributed by atoms with Gasteiger partial charge in [-0.05, 0) is 11.6 Å². The zero-order valence-corrected chi connectivity index (χ0v) is 8.37. The Hall–Kier alpha value is 0.130. The smallest absolute Gasteiger partial charge is 0.236 e. The van der Waals surface area contributed by atoms with Gasteiger partial charge in [-0.2, -0.15) is 0 Å². The van der Waals surface area contributed by atoms with Crippen molar-refractivity contribution in [2.24, 2.45) is 11.5 Å². The molecule has 0 saturated carbocycles. The molecule has 0 unspecified atom stereocenters. The van der Waals surface area contributed by atoms with Gasteiger partial charge >= 0.3 is 0 Å². The third-order valence-corrected chi connectivity index (χ3v) is 1.26. The highest BCUT2D eigenvalue weighted by atomic mass is 35.5. The zero-order chi connectivity index (χ0) is 9.82. The van der Waals surface area contributed by atoms with E-state index in [0.29, 0.717) is 13.1 Å². The molecule has 0 atom stereocenters. The van der Waals surface area contributed by atoms with Crippen LogP contribution in [0.3, 0.4) is 0 Å². The normalized spacial score (nSPS) is 8.67. The summed E-state index contributed by atoms with van der Waals surface area (Å²) in [6.07, 6.45) is 0. The Bertz CT molecular complexity index is 98.8. The number of nitrogens with two attached hydrogens (primary N) is 2. The lowest BCUT2D eigenvalue weighted by atomic mass is 10.6. The molecule has 0 heterocycles. The molecule has 0 aromatic heterocycles. The van der Waals surface area contributed by atoms with Gasteiger partial charge in [0.2, 0.25) is 5.24 Å². The first-order chi connectivity index (χ1) is 5.68. The average molecular weight is 216 g/mol. The molecule has 0 aliphatic rings. The van der Waals surface area contributed by atoms with E-state index in [1.165, 1.54) is 0 Å². The van der Waals surface area contributed by atoms with Crippen molar-refractivity contribution in [1.82, 2.24) is 5.32 Å². The highest BCUT2D eigenvalue weighted by Gasteiger charge is 1.83. The van der Waals surface area contributed by atoms with Crippen LogP contribution in [0.25, 0.3) is 0 Å². The minimum absolute atomic E-state index is 0.0957. The van der Waals surface area contributed by atoms with Crippen LogP contribution in [0.5, 0.6) is 0 Å². The summed E-state index contributed by atoms with van der Waals surface area (Å²) in [5.74, 6) is -0.0957. The fraction of sp³-hybridized carbons (Fsp3) is 0.833. The Labute approximate surface area is 82.6 Å². The number of alkyl halides is 1. The van der Waals surface area contributed by atoms with Gasteiger partial charge in [-0.1, -0.05) is 0 Å². The molecule has 0 rings (SSSR count). The van der Waals surface area contributed by atoms with Crippen molar-refractivity contribution in [3.63, 3.8) is 0 Å². The van der Waals surface area contributed by atoms with E-state index in [2.05, 4.69) is 5.32 Å². The maximum Gasteiger partial charge on any atom is 0.236 e. The van der Waals surface area contributed by atoms with Gasteiger partial charge in [0.1, 0.15) is 0 Å². The molecule has 4 nitrogen and oxygen atoms in total. The van der Waals surface area contributed by atoms with Crippen molar-refractivity contribution in [3.8, 4) is 0 Å². The molecule has 0 saturated heterocycles. The van der Waals surface area contributed by atoms with Gasteiger partial charge in [-0.25, -0.2) is 0 Å². The predicted octanol–water partition coefficient (Wildman–Crippen LogP) is -0.516. The van der Waals surface area contributed by atoms with Gasteiger partial charge in [-0.3, -0.25) is 4.79 Å². The minimum atomic E-state index is -0.508. The van der Waals surface area contributed by atoms with Crippen LogP contribution in [0.4, 0.5) is 0 Å². The molecule has 0 aliphatic heterocycles. The second-order valence-electron chi connectivity index (χ2n) is 1.82. The molecule has 0 aromatic rings. The van der Waals surface area contributed by atoms with Gasteiger partial charge in [0.25, 0.3) is 0 Å². The van der Waals surface area contributed by atoms with Crippen LogP contribution < -0.4 is 16.8 Å². The molecule has 0 amide bonds. The summed E-state index contributed by atoms with van der Waals surface area (Å²) < 4.78 is 0. The topological polar surface area (TPSA) is 81.1 Å². The first kappa shape index (κ1) is 14.6. The Morgan fingerprint density at radius 3 is 1.75 bits per heavy atom. The SMILES string of the molecule is NCCNCCN.O=C(Cl)CCl. The largest absolute Gasteiger partial charge is 0.329 e. The summed E-state index contributed by atoms with van der Waals surface area (Å²) >= 11 is 9.55. The third kappa shape index (κ3) is 22.5. The number of nitrogens with one attached hydrogen (secondary N) is 1. The Morgan fingerprint density at radius 1 is 1.25 bits per heavy atom. The van der Waals surface area contributed by atoms with E-state index in [1.54, 1.807) is 0 Å². The van der Waals surface area contributed by atoms with E-state index in [1.807, 2.05) is 0 Å². The van der Waals surface area contributed by atoms with Crippen molar-refractivity contribution < 1.29 is 4.79 Å². The van der Waals surface area contributed by atoms with Crippen molar-refractivity contribution in [3.05, 3.63) is 0 Å². The van der Waals surface area contributed by atoms with Gasteiger partial charge in [0.05, 0.1) is 5.88 Å². The number of halogens is 2. The summed E-state index contributed by atoms with van der Waals surface area (Å²) in [7, 11) is 0. The highest BCUT2D eigenvalue weighted by Crippen LogP contribution is 1.80. The molecule has 0 aromatic carbocycles. The van der Waals surface area contributed by atoms with Crippen molar-refractivity contribution in [2.45, 2.75) is 0 Å². The fourth-order valence-electron chi connectivity index (χ4n) is 0.329. The minimum Gasteiger partial charge on any atom is -0.329 e. The fourth-order valence-corrected chi connectivity index (χ4v) is 0.329. The molecule has 0 spiro atoms. The monoisotopic (exact) mass is 215 g/mol. The van der Waals surface area contributed by atoms with E-state index in [4.69, 9.17) is 34.7 Å². The quantitative estimate of drug-likeness (QED) is 0.328. The summed E-state index contributed by atoms with van der Waals surface area (Å²) in [4.78, 5) is 9.45. The van der Waals surface area contributed by atoms with Crippen LogP contribution in [0, 0.1) is 0 Å². The summed E-state index contributed by atoms with van der Waals surface area (Å²) in [6.45, 7) is 3.13. The van der Waals surface area contributed by atoms with Gasteiger partial charge in [0.15, 0.2) is 0 Å². The standard InChI is InChI=1S/C4H13N3.C2H2Cl2O/c5-1-3-7-4-2-6;3-1-2(4)5/h7H,1-6H2;1H2. The second-order valence-corrected chi connectivity index (χ2v) is 2.50. The van der Waals surface area contributed by atoms with Crippen LogP contribution in [0.2, 0.25) is 0 Å². The lowest BCUT2D eigenvalue weighted by Gasteiger charge is -1.95. The van der Waals surface area contributed by atoms with Crippen LogP contribution in [-0.2, 0) is 4.79 Å². The van der Waals surface area contributed by atoms with Crippen molar-refractivity contribution in [1.29, 1.82) is 0 Å². The van der Waals surface area contributed by atoms with Crippen LogP contribution in [0.15, 0.2) is 0 Å². The van der Waals surface area contributed by atoms with Gasteiger partial charge < -0.3 is 16.8 Å². The molecule has 12 heavy (non-hydrogen) atoms. The molecule has 74 valence electrons. The highest BCUT2D eigenvalue weighted by molar-refractivity contribution is 6.67. The first-order valence-electron chi connectivity index (χ1n) is 3.54. The van der Waals surface area contributed by atoms with E-state index in [0.717, 1.165) is 13.1 Å². The van der Waals surface area contributed by atoms with Gasteiger partial charge in [0, 0.05) is 26.2 Å². The molecule has 5 N–H and O–H groups in total. The van der Waals surface area contributed by atoms with E-state index in [-0.39, 0.29) is 5.88 Å². The molecule has 6 heteroatoms. The Kier molecular flexibility index (Phi) is 16.7. The van der Waals surface area contributed by atoms with Crippen LogP contribution in [0.1, 0.15) is 0 Å². The second kappa shape index (κ2) is 13.7. The summed E-state index contributed by atoms with van der Waals surface area (Å²) in [6, 6.07) is 0. The van der Waals surface area contributed by atoms with Crippen molar-refractivity contribution >= 4 is 28.4 Å². The number of carbonyl (C=O) groups is 1. The molecular formula is C6H15Cl2N3O. The molecule has 0 aliphatic carbocycles. The summed E-state index contributed by atoms with van der Waals surface area (Å²) in [5, 5.41) is 2.53. The predicted molar refractivity (Wildman–Crippen MR) is 52.6 cm³/mol. The molecule has 0 radical (unpaired) electrons. The van der Waals surface area contributed by atoms with E-state index < -0.39 is 5.24 Å². The third-order valence-electron chi connectivity index (χ3n) is 0.747. The van der Waals surface area contributed by atoms with Crippen LogP contribution >= 0.6 is 23.2 Å². The summed E-state index contributed by atoms with van der Waals surface area (Å²) in [5.41, 5.74) is 10.3. The number of hydrogen-bond acceptors (Lipinski definition) is 4. The number of rotatable bonds is 5. The molecular weight excluding hydrogens is 201 g/mol. The van der Waals surface area contributed by atoms with Crippen molar-refractivity contribution in [2.75, 3.05) is 32.1 Å². The maximum absolute atomic E-state index is 9.45. The molecule has 0 bridgehead atoms. The lowest BCUT2D eigenvalue weighted by Crippen LogP contribution is -2.27.